The molecule has 6 rings (SSSR count). The van der Waals surface area contributed by atoms with Gasteiger partial charge in [0.05, 0.1) is 11.4 Å². The first-order chi connectivity index (χ1) is 19.3. The van der Waals surface area contributed by atoms with E-state index >= 15 is 0 Å². The van der Waals surface area contributed by atoms with Gasteiger partial charge in [-0.15, -0.1) is 0 Å². The third-order valence-electron chi connectivity index (χ3n) is 6.64. The number of rotatable bonds is 6. The Labute approximate surface area is 228 Å². The van der Waals surface area contributed by atoms with Gasteiger partial charge in [-0.25, -0.2) is 0 Å². The molecule has 0 heterocycles. The number of benzene rings is 6. The molecular formula is C37H26N2. The molecular weight excluding hydrogens is 472 g/mol. The summed E-state index contributed by atoms with van der Waals surface area (Å²) in [7, 11) is 0. The van der Waals surface area contributed by atoms with Crippen LogP contribution in [0.25, 0.3) is 45.1 Å². The van der Waals surface area contributed by atoms with Crippen LogP contribution in [-0.2, 0) is 0 Å². The van der Waals surface area contributed by atoms with Gasteiger partial charge in [-0.2, -0.15) is 9.98 Å². The Morgan fingerprint density at radius 1 is 0.410 bits per heavy atom. The van der Waals surface area contributed by atoms with Gasteiger partial charge in [-0.1, -0.05) is 133 Å². The Bertz CT molecular complexity index is 1740. The number of fused-ring (bicyclic) bond motifs is 2. The second kappa shape index (κ2) is 11.4. The molecule has 0 unspecified atom stereocenters. The first-order valence-electron chi connectivity index (χ1n) is 13.0. The zero-order chi connectivity index (χ0) is 26.3. The molecule has 0 amide bonds. The van der Waals surface area contributed by atoms with Crippen LogP contribution in [-0.4, -0.2) is 6.01 Å². The van der Waals surface area contributed by atoms with Gasteiger partial charge >= 0.3 is 0 Å². The summed E-state index contributed by atoms with van der Waals surface area (Å²) in [5, 5.41) is 4.73. The van der Waals surface area contributed by atoms with Gasteiger partial charge in [0.15, 0.2) is 0 Å². The maximum Gasteiger partial charge on any atom is 0.101 e. The predicted molar refractivity (Wildman–Crippen MR) is 166 cm³/mol. The van der Waals surface area contributed by atoms with Gasteiger partial charge in [-0.05, 0) is 57.0 Å². The molecule has 0 aliphatic heterocycles. The first kappa shape index (κ1) is 24.1. The molecule has 0 atom stereocenters. The minimum absolute atomic E-state index is 0.799. The molecule has 0 aliphatic carbocycles. The molecule has 6 aromatic carbocycles. The summed E-state index contributed by atoms with van der Waals surface area (Å²) >= 11 is 0. The van der Waals surface area contributed by atoms with E-state index < -0.39 is 0 Å². The SMILES string of the molecule is C(=N/C(=C/c1ccccc1)c1ccc2ccccc2c1)=N/C(=C/c1ccccc1)c1ccc2ccccc2c1. The first-order valence-corrected chi connectivity index (χ1v) is 13.0. The van der Waals surface area contributed by atoms with E-state index in [4.69, 9.17) is 9.98 Å². The zero-order valence-electron chi connectivity index (χ0n) is 21.4. The normalized spacial score (nSPS) is 11.8. The van der Waals surface area contributed by atoms with Crippen LogP contribution in [0.2, 0.25) is 0 Å². The van der Waals surface area contributed by atoms with Crippen molar-refractivity contribution in [3.05, 3.63) is 168 Å². The van der Waals surface area contributed by atoms with E-state index in [1.54, 1.807) is 0 Å². The van der Waals surface area contributed by atoms with Gasteiger partial charge in [0.2, 0.25) is 0 Å². The lowest BCUT2D eigenvalue weighted by Crippen LogP contribution is -1.85. The molecule has 0 aliphatic rings. The smallest absolute Gasteiger partial charge is 0.101 e. The quantitative estimate of drug-likeness (QED) is 0.161. The van der Waals surface area contributed by atoms with E-state index in [9.17, 15) is 0 Å². The molecule has 0 radical (unpaired) electrons. The van der Waals surface area contributed by atoms with Crippen LogP contribution >= 0.6 is 0 Å². The zero-order valence-corrected chi connectivity index (χ0v) is 21.4. The molecule has 0 fully saturated rings. The Morgan fingerprint density at radius 2 is 0.795 bits per heavy atom. The third kappa shape index (κ3) is 5.83. The standard InChI is InChI=1S/C37H26N2/c1-3-11-28(12-4-1)23-36(34-21-19-30-15-7-9-17-32(30)25-34)38-27-39-37(24-29-13-5-2-6-14-29)35-22-20-31-16-8-10-18-33(31)26-35/h1-26H/b36-23+,37-24+. The molecule has 6 aromatic rings. The lowest BCUT2D eigenvalue weighted by Gasteiger charge is -2.05. The number of hydrogen-bond acceptors (Lipinski definition) is 2. The van der Waals surface area contributed by atoms with Crippen molar-refractivity contribution in [3.63, 3.8) is 0 Å². The monoisotopic (exact) mass is 498 g/mol. The van der Waals surface area contributed by atoms with E-state index in [2.05, 4.69) is 127 Å². The number of aliphatic imine (C=N–C) groups is 2. The maximum atomic E-state index is 4.77. The highest BCUT2D eigenvalue weighted by atomic mass is 14.8. The predicted octanol–water partition coefficient (Wildman–Crippen LogP) is 9.86. The highest BCUT2D eigenvalue weighted by Gasteiger charge is 2.05. The van der Waals surface area contributed by atoms with Crippen LogP contribution in [0.4, 0.5) is 0 Å². The Hall–Kier alpha value is -5.30. The van der Waals surface area contributed by atoms with Crippen molar-refractivity contribution in [2.75, 3.05) is 0 Å². The van der Waals surface area contributed by atoms with Crippen LogP contribution in [0, 0.1) is 0 Å². The molecule has 184 valence electrons. The van der Waals surface area contributed by atoms with Crippen LogP contribution in [0.3, 0.4) is 0 Å². The third-order valence-corrected chi connectivity index (χ3v) is 6.64. The minimum atomic E-state index is 0.799. The van der Waals surface area contributed by atoms with Gasteiger partial charge in [-0.3, -0.25) is 0 Å². The van der Waals surface area contributed by atoms with E-state index in [-0.39, 0.29) is 0 Å². The van der Waals surface area contributed by atoms with E-state index in [0.717, 1.165) is 33.6 Å². The highest BCUT2D eigenvalue weighted by molar-refractivity contribution is 5.93. The van der Waals surface area contributed by atoms with Crippen LogP contribution in [0.1, 0.15) is 22.3 Å². The van der Waals surface area contributed by atoms with E-state index in [1.807, 2.05) is 36.4 Å². The fourth-order valence-corrected chi connectivity index (χ4v) is 4.60. The van der Waals surface area contributed by atoms with Gasteiger partial charge in [0.25, 0.3) is 0 Å². The van der Waals surface area contributed by atoms with Crippen molar-refractivity contribution >= 4 is 51.1 Å². The van der Waals surface area contributed by atoms with Crippen molar-refractivity contribution < 1.29 is 0 Å². The van der Waals surface area contributed by atoms with Crippen molar-refractivity contribution in [2.24, 2.45) is 9.98 Å². The Kier molecular flexibility index (Phi) is 7.03. The molecule has 0 bridgehead atoms. The van der Waals surface area contributed by atoms with Crippen molar-refractivity contribution in [2.45, 2.75) is 0 Å². The van der Waals surface area contributed by atoms with Gasteiger partial charge in [0, 0.05) is 11.1 Å². The largest absolute Gasteiger partial charge is 0.187 e. The lowest BCUT2D eigenvalue weighted by molar-refractivity contribution is 1.50. The van der Waals surface area contributed by atoms with E-state index in [0.29, 0.717) is 0 Å². The summed E-state index contributed by atoms with van der Waals surface area (Å²) in [6.45, 7) is 0. The lowest BCUT2D eigenvalue weighted by atomic mass is 10.0. The second-order valence-corrected chi connectivity index (χ2v) is 9.33. The van der Waals surface area contributed by atoms with Crippen molar-refractivity contribution in [1.82, 2.24) is 0 Å². The molecule has 2 heteroatoms. The topological polar surface area (TPSA) is 24.7 Å². The molecule has 0 saturated carbocycles. The average Bonchev–Trinajstić information content (AvgIpc) is 3.00. The average molecular weight is 499 g/mol. The molecule has 0 saturated heterocycles. The Morgan fingerprint density at radius 3 is 1.23 bits per heavy atom. The fourth-order valence-electron chi connectivity index (χ4n) is 4.60. The summed E-state index contributed by atoms with van der Waals surface area (Å²) in [6, 6.07) is 53.0. The minimum Gasteiger partial charge on any atom is -0.187 e. The van der Waals surface area contributed by atoms with Crippen LogP contribution < -0.4 is 0 Å². The summed E-state index contributed by atoms with van der Waals surface area (Å²) in [5.41, 5.74) is 5.77. The molecule has 0 N–H and O–H groups in total. The number of nitrogens with zero attached hydrogens (tertiary/aromatic N) is 2. The number of hydrogen-bond donors (Lipinski definition) is 0. The summed E-state index contributed by atoms with van der Waals surface area (Å²) < 4.78 is 0. The van der Waals surface area contributed by atoms with Gasteiger partial charge in [0.1, 0.15) is 6.01 Å². The molecule has 0 spiro atoms. The van der Waals surface area contributed by atoms with Gasteiger partial charge < -0.3 is 0 Å². The van der Waals surface area contributed by atoms with Crippen molar-refractivity contribution in [1.29, 1.82) is 0 Å². The van der Waals surface area contributed by atoms with Crippen LogP contribution in [0.5, 0.6) is 0 Å². The fraction of sp³-hybridized carbons (Fsp3) is 0. The Balaban J connectivity index is 1.45. The summed E-state index contributed by atoms with van der Waals surface area (Å²) in [4.78, 5) is 9.54. The maximum absolute atomic E-state index is 4.77. The molecule has 39 heavy (non-hydrogen) atoms. The van der Waals surface area contributed by atoms with Crippen molar-refractivity contribution in [3.8, 4) is 0 Å². The summed E-state index contributed by atoms with van der Waals surface area (Å²) in [6.07, 6.45) is 4.15. The molecule has 0 aromatic heterocycles. The van der Waals surface area contributed by atoms with Crippen LogP contribution in [0.15, 0.2) is 156 Å². The highest BCUT2D eigenvalue weighted by Crippen LogP contribution is 2.26. The van der Waals surface area contributed by atoms with E-state index in [1.165, 1.54) is 21.5 Å². The second-order valence-electron chi connectivity index (χ2n) is 9.33. The summed E-state index contributed by atoms with van der Waals surface area (Å²) in [5.74, 6) is 0. The molecule has 2 nitrogen and oxygen atoms in total.